The molecule has 0 atom stereocenters. The van der Waals surface area contributed by atoms with E-state index >= 15 is 0 Å². The van der Waals surface area contributed by atoms with Crippen molar-refractivity contribution in [2.45, 2.75) is 0 Å². The molecule has 0 aliphatic carbocycles. The Balaban J connectivity index is 2.41. The molecule has 8 heteroatoms. The Bertz CT molecular complexity index is 346. The second kappa shape index (κ2) is 5.09. The van der Waals surface area contributed by atoms with Crippen molar-refractivity contribution in [2.24, 2.45) is 5.14 Å². The number of hydrogen-bond donors (Lipinski definition) is 1. The summed E-state index contributed by atoms with van der Waals surface area (Å²) in [6.45, 7) is 2.09. The molecule has 0 radical (unpaired) electrons. The van der Waals surface area contributed by atoms with Gasteiger partial charge in [0.2, 0.25) is 5.91 Å². The summed E-state index contributed by atoms with van der Waals surface area (Å²) in [7, 11) is -0.188. The first-order chi connectivity index (χ1) is 7.30. The summed E-state index contributed by atoms with van der Waals surface area (Å²) in [6, 6.07) is 0. The van der Waals surface area contributed by atoms with Gasteiger partial charge in [-0.15, -0.1) is 0 Å². The molecule has 1 heterocycles. The van der Waals surface area contributed by atoms with Gasteiger partial charge in [0.15, 0.2) is 0 Å². The maximum atomic E-state index is 11.4. The monoisotopic (exact) mass is 250 g/mol. The van der Waals surface area contributed by atoms with E-state index in [1.165, 1.54) is 9.21 Å². The Morgan fingerprint density at radius 1 is 1.25 bits per heavy atom. The van der Waals surface area contributed by atoms with Crippen LogP contribution in [-0.4, -0.2) is 75.2 Å². The molecule has 1 aliphatic rings. The molecular weight excluding hydrogens is 232 g/mol. The van der Waals surface area contributed by atoms with Crippen molar-refractivity contribution in [3.8, 4) is 0 Å². The summed E-state index contributed by atoms with van der Waals surface area (Å²) >= 11 is 0. The van der Waals surface area contributed by atoms with Crippen LogP contribution in [0.3, 0.4) is 0 Å². The number of hydrogen-bond acceptors (Lipinski definition) is 4. The van der Waals surface area contributed by atoms with Crippen molar-refractivity contribution < 1.29 is 13.2 Å². The molecule has 0 unspecified atom stereocenters. The van der Waals surface area contributed by atoms with Crippen LogP contribution in [0.5, 0.6) is 0 Å². The lowest BCUT2D eigenvalue weighted by Crippen LogP contribution is -2.52. The molecule has 0 aromatic rings. The highest BCUT2D eigenvalue weighted by atomic mass is 32.2. The molecular formula is C8H18N4O3S. The quantitative estimate of drug-likeness (QED) is 0.621. The summed E-state index contributed by atoms with van der Waals surface area (Å²) in [5.74, 6) is 0.0176. The topological polar surface area (TPSA) is 86.9 Å². The second-order valence-corrected chi connectivity index (χ2v) is 5.55. The van der Waals surface area contributed by atoms with Gasteiger partial charge in [-0.25, -0.2) is 5.14 Å². The summed E-state index contributed by atoms with van der Waals surface area (Å²) in [4.78, 5) is 14.9. The van der Waals surface area contributed by atoms with Crippen LogP contribution in [0.25, 0.3) is 0 Å². The molecule has 0 aromatic carbocycles. The third kappa shape index (κ3) is 3.71. The first kappa shape index (κ1) is 13.4. The van der Waals surface area contributed by atoms with E-state index in [1.54, 1.807) is 14.1 Å². The summed E-state index contributed by atoms with van der Waals surface area (Å²) in [6.07, 6.45) is 0. The Labute approximate surface area is 96.0 Å². The van der Waals surface area contributed by atoms with E-state index in [4.69, 9.17) is 5.14 Å². The smallest absolute Gasteiger partial charge is 0.276 e. The van der Waals surface area contributed by atoms with Crippen LogP contribution in [0.15, 0.2) is 0 Å². The van der Waals surface area contributed by atoms with E-state index in [9.17, 15) is 13.2 Å². The lowest BCUT2D eigenvalue weighted by atomic mass is 10.3. The third-order valence-corrected chi connectivity index (χ3v) is 3.63. The second-order valence-electron chi connectivity index (χ2n) is 4.01. The van der Waals surface area contributed by atoms with Gasteiger partial charge in [-0.3, -0.25) is 9.69 Å². The average Bonchev–Trinajstić information content (AvgIpc) is 2.17. The minimum Gasteiger partial charge on any atom is -0.348 e. The summed E-state index contributed by atoms with van der Waals surface area (Å²) < 4.78 is 23.3. The molecule has 1 saturated heterocycles. The number of carbonyl (C=O) groups is 1. The van der Waals surface area contributed by atoms with Crippen LogP contribution in [0.4, 0.5) is 0 Å². The molecule has 0 saturated carbocycles. The number of nitrogens with two attached hydrogens (primary N) is 1. The van der Waals surface area contributed by atoms with Crippen LogP contribution in [0, 0.1) is 0 Å². The molecule has 1 amide bonds. The Morgan fingerprint density at radius 2 is 1.75 bits per heavy atom. The fourth-order valence-corrected chi connectivity index (χ4v) is 2.15. The number of nitrogens with zero attached hydrogens (tertiary/aromatic N) is 3. The van der Waals surface area contributed by atoms with E-state index < -0.39 is 10.2 Å². The van der Waals surface area contributed by atoms with Crippen molar-refractivity contribution in [2.75, 3.05) is 46.8 Å². The zero-order chi connectivity index (χ0) is 12.3. The zero-order valence-corrected chi connectivity index (χ0v) is 10.4. The molecule has 1 aliphatic heterocycles. The van der Waals surface area contributed by atoms with Crippen LogP contribution in [-0.2, 0) is 15.0 Å². The molecule has 1 rings (SSSR count). The van der Waals surface area contributed by atoms with Crippen LogP contribution in [0.2, 0.25) is 0 Å². The highest BCUT2D eigenvalue weighted by Gasteiger charge is 2.24. The van der Waals surface area contributed by atoms with Gasteiger partial charge in [-0.2, -0.15) is 12.7 Å². The van der Waals surface area contributed by atoms with Crippen molar-refractivity contribution in [3.63, 3.8) is 0 Å². The van der Waals surface area contributed by atoms with E-state index in [0.29, 0.717) is 32.7 Å². The first-order valence-corrected chi connectivity index (χ1v) is 6.51. The Morgan fingerprint density at radius 3 is 2.12 bits per heavy atom. The van der Waals surface area contributed by atoms with E-state index in [0.717, 1.165) is 0 Å². The molecule has 94 valence electrons. The normalized spacial score (nSPS) is 19.7. The predicted octanol–water partition coefficient (Wildman–Crippen LogP) is -2.10. The van der Waals surface area contributed by atoms with Gasteiger partial charge in [0.1, 0.15) is 0 Å². The number of amides is 1. The standard InChI is InChI=1S/C8H18N4O3S/c1-10(2)8(13)7-11-3-5-12(6-4-11)16(9,14)15/h3-7H2,1-2H3,(H2,9,14,15). The van der Waals surface area contributed by atoms with Crippen LogP contribution < -0.4 is 5.14 Å². The maximum absolute atomic E-state index is 11.4. The molecule has 0 bridgehead atoms. The summed E-state index contributed by atoms with van der Waals surface area (Å²) in [5, 5.41) is 5.01. The van der Waals surface area contributed by atoms with Crippen molar-refractivity contribution in [1.82, 2.24) is 14.1 Å². The van der Waals surface area contributed by atoms with Crippen LogP contribution >= 0.6 is 0 Å². The third-order valence-electron chi connectivity index (χ3n) is 2.55. The van der Waals surface area contributed by atoms with Gasteiger partial charge < -0.3 is 4.90 Å². The zero-order valence-electron chi connectivity index (χ0n) is 9.59. The highest BCUT2D eigenvalue weighted by Crippen LogP contribution is 2.04. The summed E-state index contributed by atoms with van der Waals surface area (Å²) in [5.41, 5.74) is 0. The Kier molecular flexibility index (Phi) is 4.25. The largest absolute Gasteiger partial charge is 0.348 e. The Hall–Kier alpha value is -0.700. The van der Waals surface area contributed by atoms with Crippen LogP contribution in [0.1, 0.15) is 0 Å². The first-order valence-electron chi connectivity index (χ1n) is 5.01. The molecule has 7 nitrogen and oxygen atoms in total. The molecule has 1 fully saturated rings. The number of likely N-dealkylation sites (N-methyl/N-ethyl adjacent to an activating group) is 1. The van der Waals surface area contributed by atoms with Crippen molar-refractivity contribution in [3.05, 3.63) is 0 Å². The number of carbonyl (C=O) groups excluding carboxylic acids is 1. The van der Waals surface area contributed by atoms with Gasteiger partial charge in [0.25, 0.3) is 10.2 Å². The molecule has 0 aromatic heterocycles. The fourth-order valence-electron chi connectivity index (χ4n) is 1.47. The van der Waals surface area contributed by atoms with Gasteiger partial charge in [0.05, 0.1) is 6.54 Å². The molecule has 2 N–H and O–H groups in total. The minimum absolute atomic E-state index is 0.0176. The van der Waals surface area contributed by atoms with Gasteiger partial charge >= 0.3 is 0 Å². The highest BCUT2D eigenvalue weighted by molar-refractivity contribution is 7.86. The van der Waals surface area contributed by atoms with Gasteiger partial charge in [-0.05, 0) is 0 Å². The van der Waals surface area contributed by atoms with E-state index in [1.807, 2.05) is 4.90 Å². The SMILES string of the molecule is CN(C)C(=O)CN1CCN(S(N)(=O)=O)CC1. The maximum Gasteiger partial charge on any atom is 0.276 e. The van der Waals surface area contributed by atoms with E-state index in [-0.39, 0.29) is 5.91 Å². The van der Waals surface area contributed by atoms with Crippen molar-refractivity contribution in [1.29, 1.82) is 0 Å². The average molecular weight is 250 g/mol. The molecule has 16 heavy (non-hydrogen) atoms. The number of piperazine rings is 1. The lowest BCUT2D eigenvalue weighted by molar-refractivity contribution is -0.130. The van der Waals surface area contributed by atoms with Gasteiger partial charge in [0, 0.05) is 40.3 Å². The van der Waals surface area contributed by atoms with Crippen molar-refractivity contribution >= 4 is 16.1 Å². The fraction of sp³-hybridized carbons (Fsp3) is 0.875. The minimum atomic E-state index is -3.58. The number of rotatable bonds is 3. The molecule has 0 spiro atoms. The van der Waals surface area contributed by atoms with E-state index in [2.05, 4.69) is 0 Å². The lowest BCUT2D eigenvalue weighted by Gasteiger charge is -2.32. The van der Waals surface area contributed by atoms with Gasteiger partial charge in [-0.1, -0.05) is 0 Å². The predicted molar refractivity (Wildman–Crippen MR) is 59.8 cm³/mol.